The zero-order valence-electron chi connectivity index (χ0n) is 18.5. The maximum absolute atomic E-state index is 13.9. The maximum Gasteiger partial charge on any atom is 0.409 e. The van der Waals surface area contributed by atoms with Crippen LogP contribution in [0.4, 0.5) is 9.18 Å². The second-order valence-electron chi connectivity index (χ2n) is 9.44. The second-order valence-corrected chi connectivity index (χ2v) is 9.44. The minimum absolute atomic E-state index is 0.173. The molecular formula is C24H30FN5O2. The minimum atomic E-state index is -0.347. The number of nitrogens with zero attached hydrogens (tertiary/aromatic N) is 5. The van der Waals surface area contributed by atoms with Crippen molar-refractivity contribution in [1.29, 1.82) is 0 Å². The fourth-order valence-corrected chi connectivity index (χ4v) is 5.84. The highest BCUT2D eigenvalue weighted by Crippen LogP contribution is 2.48. The minimum Gasteiger partial charge on any atom is -0.450 e. The molecule has 1 saturated carbocycles. The van der Waals surface area contributed by atoms with Gasteiger partial charge in [0, 0.05) is 48.4 Å². The van der Waals surface area contributed by atoms with E-state index in [9.17, 15) is 9.18 Å². The summed E-state index contributed by atoms with van der Waals surface area (Å²) in [5.74, 6) is -0.0531. The first-order chi connectivity index (χ1) is 15.6. The van der Waals surface area contributed by atoms with Gasteiger partial charge in [0.25, 0.3) is 0 Å². The van der Waals surface area contributed by atoms with Crippen LogP contribution in [0.2, 0.25) is 0 Å². The first-order valence-corrected chi connectivity index (χ1v) is 11.6. The van der Waals surface area contributed by atoms with E-state index in [0.29, 0.717) is 24.3 Å². The number of halogens is 1. The second kappa shape index (κ2) is 8.73. The summed E-state index contributed by atoms with van der Waals surface area (Å²) in [4.78, 5) is 29.4. The molecule has 2 aliphatic heterocycles. The van der Waals surface area contributed by atoms with Gasteiger partial charge in [0.05, 0.1) is 30.4 Å². The third kappa shape index (κ3) is 4.08. The van der Waals surface area contributed by atoms with E-state index >= 15 is 0 Å². The van der Waals surface area contributed by atoms with Gasteiger partial charge >= 0.3 is 6.09 Å². The molecule has 8 heteroatoms. The van der Waals surface area contributed by atoms with Crippen LogP contribution >= 0.6 is 0 Å². The third-order valence-corrected chi connectivity index (χ3v) is 7.41. The molecule has 170 valence electrons. The molecule has 0 radical (unpaired) electrons. The first kappa shape index (κ1) is 21.2. The van der Waals surface area contributed by atoms with Crippen molar-refractivity contribution >= 4 is 6.09 Å². The van der Waals surface area contributed by atoms with Gasteiger partial charge in [-0.25, -0.2) is 9.18 Å². The van der Waals surface area contributed by atoms with Crippen LogP contribution in [0, 0.1) is 11.2 Å². The van der Waals surface area contributed by atoms with Crippen molar-refractivity contribution < 1.29 is 13.9 Å². The molecule has 0 N–H and O–H groups in total. The summed E-state index contributed by atoms with van der Waals surface area (Å²) in [6.45, 7) is 5.99. The molecule has 3 fully saturated rings. The normalized spacial score (nSPS) is 23.3. The van der Waals surface area contributed by atoms with Gasteiger partial charge in [0.2, 0.25) is 0 Å². The fourth-order valence-electron chi connectivity index (χ4n) is 5.84. The Morgan fingerprint density at radius 1 is 1.19 bits per heavy atom. The lowest BCUT2D eigenvalue weighted by atomic mass is 9.78. The smallest absolute Gasteiger partial charge is 0.409 e. The average molecular weight is 440 g/mol. The molecule has 5 rings (SSSR count). The zero-order chi connectivity index (χ0) is 22.1. The number of hydrogen-bond acceptors (Lipinski definition) is 6. The topological polar surface area (TPSA) is 71.5 Å². The lowest BCUT2D eigenvalue weighted by Gasteiger charge is -2.48. The summed E-state index contributed by atoms with van der Waals surface area (Å²) >= 11 is 0. The number of carbonyl (C=O) groups is 1. The molecule has 1 atom stereocenters. The molecule has 2 saturated heterocycles. The number of piperidine rings is 1. The zero-order valence-corrected chi connectivity index (χ0v) is 18.5. The summed E-state index contributed by atoms with van der Waals surface area (Å²) in [7, 11) is 0. The van der Waals surface area contributed by atoms with E-state index in [1.807, 2.05) is 11.8 Å². The van der Waals surface area contributed by atoms with E-state index < -0.39 is 0 Å². The number of ether oxygens (including phenoxy) is 1. The van der Waals surface area contributed by atoms with Crippen molar-refractivity contribution in [2.75, 3.05) is 32.8 Å². The molecule has 0 aromatic carbocycles. The summed E-state index contributed by atoms with van der Waals surface area (Å²) in [5, 5.41) is 0. The Balaban J connectivity index is 1.20. The van der Waals surface area contributed by atoms with Crippen LogP contribution in [-0.2, 0) is 4.74 Å². The summed E-state index contributed by atoms with van der Waals surface area (Å²) in [5.41, 5.74) is 2.64. The van der Waals surface area contributed by atoms with Crippen molar-refractivity contribution in [3.05, 3.63) is 42.4 Å². The largest absolute Gasteiger partial charge is 0.450 e. The molecule has 7 nitrogen and oxygen atoms in total. The van der Waals surface area contributed by atoms with Crippen LogP contribution in [0.15, 0.2) is 30.9 Å². The molecule has 32 heavy (non-hydrogen) atoms. The van der Waals surface area contributed by atoms with Gasteiger partial charge in [0.1, 0.15) is 5.82 Å². The Hall–Kier alpha value is -2.61. The molecule has 2 aromatic rings. The van der Waals surface area contributed by atoms with Gasteiger partial charge in [-0.2, -0.15) is 0 Å². The van der Waals surface area contributed by atoms with Crippen molar-refractivity contribution in [2.45, 2.75) is 51.0 Å². The van der Waals surface area contributed by atoms with E-state index in [1.165, 1.54) is 25.1 Å². The molecular weight excluding hydrogens is 409 g/mol. The maximum atomic E-state index is 13.9. The lowest BCUT2D eigenvalue weighted by molar-refractivity contribution is -0.00361. The van der Waals surface area contributed by atoms with Crippen LogP contribution in [0.1, 0.15) is 50.6 Å². The van der Waals surface area contributed by atoms with Crippen LogP contribution < -0.4 is 0 Å². The van der Waals surface area contributed by atoms with Crippen molar-refractivity contribution in [2.24, 2.45) is 5.41 Å². The van der Waals surface area contributed by atoms with Gasteiger partial charge in [-0.05, 0) is 58.2 Å². The van der Waals surface area contributed by atoms with Gasteiger partial charge in [-0.1, -0.05) is 0 Å². The third-order valence-electron chi connectivity index (χ3n) is 7.41. The Morgan fingerprint density at radius 2 is 2.00 bits per heavy atom. The molecule has 1 aliphatic carbocycles. The Labute approximate surface area is 188 Å². The van der Waals surface area contributed by atoms with Crippen molar-refractivity contribution in [3.8, 4) is 11.3 Å². The van der Waals surface area contributed by atoms with E-state index in [1.54, 1.807) is 18.6 Å². The average Bonchev–Trinajstić information content (AvgIpc) is 3.25. The highest BCUT2D eigenvalue weighted by molar-refractivity contribution is 5.69. The summed E-state index contributed by atoms with van der Waals surface area (Å²) < 4.78 is 19.1. The number of likely N-dealkylation sites (tertiary alicyclic amines) is 2. The van der Waals surface area contributed by atoms with Crippen LogP contribution in [-0.4, -0.2) is 69.7 Å². The van der Waals surface area contributed by atoms with Gasteiger partial charge in [-0.3, -0.25) is 15.0 Å². The van der Waals surface area contributed by atoms with Crippen molar-refractivity contribution in [1.82, 2.24) is 24.8 Å². The Morgan fingerprint density at radius 3 is 2.72 bits per heavy atom. The highest BCUT2D eigenvalue weighted by Gasteiger charge is 2.51. The Kier molecular flexibility index (Phi) is 5.80. The molecule has 0 bridgehead atoms. The summed E-state index contributed by atoms with van der Waals surface area (Å²) in [6.07, 6.45) is 11.6. The molecule has 1 spiro atoms. The Bertz CT molecular complexity index is 958. The number of aromatic nitrogens is 3. The number of pyridine rings is 1. The van der Waals surface area contributed by atoms with Gasteiger partial charge in [0.15, 0.2) is 0 Å². The molecule has 3 aliphatic rings. The number of hydrogen-bond donors (Lipinski definition) is 0. The standard InChI is InChI=1S/C24H30FN5O2/c1-2-32-23(31)30-15-24(16-30)6-3-19(12-24)29-9-4-17(5-10-29)22-20(11-18(25)13-28-22)21-14-26-7-8-27-21/h7-8,11,13-14,17,19H,2-6,9-10,12,15-16H2,1H3/t19-/m0/s1. The van der Waals surface area contributed by atoms with E-state index in [0.717, 1.165) is 56.7 Å². The summed E-state index contributed by atoms with van der Waals surface area (Å²) in [6, 6.07) is 2.12. The van der Waals surface area contributed by atoms with Gasteiger partial charge < -0.3 is 14.5 Å². The van der Waals surface area contributed by atoms with Crippen LogP contribution in [0.5, 0.6) is 0 Å². The number of rotatable bonds is 4. The first-order valence-electron chi connectivity index (χ1n) is 11.6. The molecule has 0 unspecified atom stereocenters. The van der Waals surface area contributed by atoms with E-state index in [2.05, 4.69) is 19.9 Å². The lowest BCUT2D eigenvalue weighted by Crippen LogP contribution is -2.58. The van der Waals surface area contributed by atoms with Crippen molar-refractivity contribution in [3.63, 3.8) is 0 Å². The highest BCUT2D eigenvalue weighted by atomic mass is 19.1. The molecule has 2 aromatic heterocycles. The number of amides is 1. The van der Waals surface area contributed by atoms with Crippen LogP contribution in [0.3, 0.4) is 0 Å². The predicted octanol–water partition coefficient (Wildman–Crippen LogP) is 3.87. The predicted molar refractivity (Wildman–Crippen MR) is 117 cm³/mol. The molecule has 4 heterocycles. The van der Waals surface area contributed by atoms with E-state index in [4.69, 9.17) is 4.74 Å². The molecule has 1 amide bonds. The fraction of sp³-hybridized carbons (Fsp3) is 0.583. The number of carbonyl (C=O) groups excluding carboxylic acids is 1. The quantitative estimate of drug-likeness (QED) is 0.720. The monoisotopic (exact) mass is 439 g/mol. The van der Waals surface area contributed by atoms with Crippen LogP contribution in [0.25, 0.3) is 11.3 Å². The SMILES string of the molecule is CCOC(=O)N1CC2(CC[C@H](N3CCC(c4ncc(F)cc4-c4cnccn4)CC3)C2)C1. The van der Waals surface area contributed by atoms with Gasteiger partial charge in [-0.15, -0.1) is 0 Å². The van der Waals surface area contributed by atoms with E-state index in [-0.39, 0.29) is 17.3 Å².